The fourth-order valence-corrected chi connectivity index (χ4v) is 1.54. The highest BCUT2D eigenvalue weighted by atomic mass is 16.4. The van der Waals surface area contributed by atoms with Gasteiger partial charge in [0, 0.05) is 25.3 Å². The third kappa shape index (κ3) is 4.13. The number of hydrogen-bond donors (Lipinski definition) is 2. The van der Waals surface area contributed by atoms with Crippen molar-refractivity contribution in [2.75, 3.05) is 19.0 Å². The summed E-state index contributed by atoms with van der Waals surface area (Å²) in [6.45, 7) is 3.47. The molecule has 0 aliphatic carbocycles. The number of rotatable bonds is 6. The van der Waals surface area contributed by atoms with Crippen molar-refractivity contribution in [1.82, 2.24) is 5.32 Å². The Balaban J connectivity index is 2.76. The maximum atomic E-state index is 11.9. The molecule has 0 bridgehead atoms. The molecule has 0 radical (unpaired) electrons. The van der Waals surface area contributed by atoms with Crippen LogP contribution in [-0.4, -0.2) is 37.1 Å². The van der Waals surface area contributed by atoms with Gasteiger partial charge in [0.05, 0.1) is 0 Å². The van der Waals surface area contributed by atoms with E-state index in [2.05, 4.69) is 11.9 Å². The van der Waals surface area contributed by atoms with Crippen LogP contribution in [0.2, 0.25) is 0 Å². The van der Waals surface area contributed by atoms with Crippen LogP contribution < -0.4 is 10.2 Å². The van der Waals surface area contributed by atoms with Gasteiger partial charge in [-0.3, -0.25) is 4.79 Å². The van der Waals surface area contributed by atoms with Crippen LogP contribution in [0.1, 0.15) is 16.8 Å². The molecule has 1 unspecified atom stereocenters. The lowest BCUT2D eigenvalue weighted by atomic mass is 10.1. The second-order valence-corrected chi connectivity index (χ2v) is 4.33. The predicted octanol–water partition coefficient (Wildman–Crippen LogP) is 1.51. The number of benzene rings is 1. The zero-order valence-corrected chi connectivity index (χ0v) is 11.1. The second-order valence-electron chi connectivity index (χ2n) is 4.33. The van der Waals surface area contributed by atoms with Gasteiger partial charge in [0.1, 0.15) is 6.04 Å². The summed E-state index contributed by atoms with van der Waals surface area (Å²) in [4.78, 5) is 24.7. The van der Waals surface area contributed by atoms with Crippen LogP contribution in [-0.2, 0) is 4.79 Å². The molecule has 0 aliphatic rings. The van der Waals surface area contributed by atoms with Gasteiger partial charge in [0.2, 0.25) is 0 Å². The van der Waals surface area contributed by atoms with Crippen molar-refractivity contribution in [3.63, 3.8) is 0 Å². The highest BCUT2D eigenvalue weighted by molar-refractivity contribution is 5.96. The number of amides is 1. The first-order valence-corrected chi connectivity index (χ1v) is 5.87. The summed E-state index contributed by atoms with van der Waals surface area (Å²) in [6, 6.07) is 5.99. The Morgan fingerprint density at radius 1 is 1.37 bits per heavy atom. The molecule has 1 aromatic rings. The first kappa shape index (κ1) is 14.8. The topological polar surface area (TPSA) is 69.6 Å². The Labute approximate surface area is 112 Å². The highest BCUT2D eigenvalue weighted by Gasteiger charge is 2.18. The largest absolute Gasteiger partial charge is 0.480 e. The third-order valence-corrected chi connectivity index (χ3v) is 2.65. The summed E-state index contributed by atoms with van der Waals surface area (Å²) < 4.78 is 0. The van der Waals surface area contributed by atoms with Crippen molar-refractivity contribution in [2.45, 2.75) is 12.5 Å². The van der Waals surface area contributed by atoms with Gasteiger partial charge in [-0.05, 0) is 30.7 Å². The molecule has 19 heavy (non-hydrogen) atoms. The van der Waals surface area contributed by atoms with Crippen molar-refractivity contribution in [2.24, 2.45) is 0 Å². The zero-order valence-electron chi connectivity index (χ0n) is 11.1. The van der Waals surface area contributed by atoms with Crippen LogP contribution in [0.25, 0.3) is 0 Å². The van der Waals surface area contributed by atoms with Gasteiger partial charge in [-0.2, -0.15) is 0 Å². The van der Waals surface area contributed by atoms with E-state index < -0.39 is 17.9 Å². The van der Waals surface area contributed by atoms with Crippen LogP contribution in [0.5, 0.6) is 0 Å². The van der Waals surface area contributed by atoms with E-state index in [1.54, 1.807) is 24.3 Å². The lowest BCUT2D eigenvalue weighted by molar-refractivity contribution is -0.139. The third-order valence-electron chi connectivity index (χ3n) is 2.65. The van der Waals surface area contributed by atoms with E-state index in [1.165, 1.54) is 6.08 Å². The SMILES string of the molecule is C=CCC(NC(=O)c1ccc(N(C)C)cc1)C(=O)O. The average molecular weight is 262 g/mol. The summed E-state index contributed by atoms with van der Waals surface area (Å²) in [7, 11) is 3.80. The maximum absolute atomic E-state index is 11.9. The van der Waals surface area contributed by atoms with E-state index in [-0.39, 0.29) is 6.42 Å². The Morgan fingerprint density at radius 3 is 2.37 bits per heavy atom. The quantitative estimate of drug-likeness (QED) is 0.762. The fraction of sp³-hybridized carbons (Fsp3) is 0.286. The Bertz CT molecular complexity index is 466. The first-order valence-electron chi connectivity index (χ1n) is 5.87. The number of nitrogens with zero attached hydrogens (tertiary/aromatic N) is 1. The molecule has 0 saturated heterocycles. The Kier molecular flexibility index (Phi) is 5.11. The van der Waals surface area contributed by atoms with E-state index in [4.69, 9.17) is 5.11 Å². The molecule has 0 aliphatic heterocycles. The molecule has 1 rings (SSSR count). The van der Waals surface area contributed by atoms with E-state index >= 15 is 0 Å². The Morgan fingerprint density at radius 2 is 1.95 bits per heavy atom. The molecular weight excluding hydrogens is 244 g/mol. The summed E-state index contributed by atoms with van der Waals surface area (Å²) in [5.74, 6) is -1.47. The molecule has 0 fully saturated rings. The average Bonchev–Trinajstić information content (AvgIpc) is 2.38. The standard InChI is InChI=1S/C14H18N2O3/c1-4-5-12(14(18)19)15-13(17)10-6-8-11(9-7-10)16(2)3/h4,6-9,12H,1,5H2,2-3H3,(H,15,17)(H,18,19). The van der Waals surface area contributed by atoms with E-state index in [0.29, 0.717) is 5.56 Å². The van der Waals surface area contributed by atoms with Crippen LogP contribution in [0.4, 0.5) is 5.69 Å². The van der Waals surface area contributed by atoms with Gasteiger partial charge in [-0.15, -0.1) is 6.58 Å². The second kappa shape index (κ2) is 6.58. The summed E-state index contributed by atoms with van der Waals surface area (Å²) in [5.41, 5.74) is 1.40. The lowest BCUT2D eigenvalue weighted by Crippen LogP contribution is -2.40. The molecule has 0 saturated carbocycles. The smallest absolute Gasteiger partial charge is 0.326 e. The zero-order chi connectivity index (χ0) is 14.4. The number of carboxylic acids is 1. The molecular formula is C14H18N2O3. The minimum Gasteiger partial charge on any atom is -0.480 e. The number of anilines is 1. The van der Waals surface area contributed by atoms with Crippen molar-refractivity contribution < 1.29 is 14.7 Å². The summed E-state index contributed by atoms with van der Waals surface area (Å²) in [5, 5.41) is 11.4. The van der Waals surface area contributed by atoms with Crippen LogP contribution in [0.3, 0.4) is 0 Å². The van der Waals surface area contributed by atoms with Crippen molar-refractivity contribution >= 4 is 17.6 Å². The summed E-state index contributed by atoms with van der Waals surface area (Å²) in [6.07, 6.45) is 1.66. The van der Waals surface area contributed by atoms with E-state index in [9.17, 15) is 9.59 Å². The number of carbonyl (C=O) groups is 2. The molecule has 5 heteroatoms. The molecule has 0 spiro atoms. The minimum atomic E-state index is -1.07. The van der Waals surface area contributed by atoms with Crippen LogP contribution in [0, 0.1) is 0 Å². The number of carbonyl (C=O) groups excluding carboxylic acids is 1. The molecule has 0 aromatic heterocycles. The van der Waals surface area contributed by atoms with E-state index in [0.717, 1.165) is 5.69 Å². The molecule has 1 aromatic carbocycles. The van der Waals surface area contributed by atoms with Gasteiger partial charge < -0.3 is 15.3 Å². The van der Waals surface area contributed by atoms with Gasteiger partial charge in [0.15, 0.2) is 0 Å². The van der Waals surface area contributed by atoms with Gasteiger partial charge in [-0.1, -0.05) is 6.08 Å². The first-order chi connectivity index (χ1) is 8.95. The van der Waals surface area contributed by atoms with Gasteiger partial charge in [-0.25, -0.2) is 4.79 Å². The van der Waals surface area contributed by atoms with Crippen molar-refractivity contribution in [3.8, 4) is 0 Å². The number of aliphatic carboxylic acids is 1. The highest BCUT2D eigenvalue weighted by Crippen LogP contribution is 2.12. The van der Waals surface area contributed by atoms with Gasteiger partial charge in [0.25, 0.3) is 5.91 Å². The fourth-order valence-electron chi connectivity index (χ4n) is 1.54. The van der Waals surface area contributed by atoms with Gasteiger partial charge >= 0.3 is 5.97 Å². The molecule has 2 N–H and O–H groups in total. The van der Waals surface area contributed by atoms with Crippen molar-refractivity contribution in [3.05, 3.63) is 42.5 Å². The maximum Gasteiger partial charge on any atom is 0.326 e. The number of carboxylic acid groups (broad SMARTS) is 1. The van der Waals surface area contributed by atoms with E-state index in [1.807, 2.05) is 19.0 Å². The number of hydrogen-bond acceptors (Lipinski definition) is 3. The molecule has 0 heterocycles. The molecule has 1 amide bonds. The monoisotopic (exact) mass is 262 g/mol. The molecule has 102 valence electrons. The lowest BCUT2D eigenvalue weighted by Gasteiger charge is -2.14. The predicted molar refractivity (Wildman–Crippen MR) is 74.5 cm³/mol. The molecule has 1 atom stereocenters. The van der Waals surface area contributed by atoms with Crippen LogP contribution in [0.15, 0.2) is 36.9 Å². The van der Waals surface area contributed by atoms with Crippen LogP contribution >= 0.6 is 0 Å². The Hall–Kier alpha value is -2.30. The normalized spacial score (nSPS) is 11.5. The molecule has 5 nitrogen and oxygen atoms in total. The number of nitrogens with one attached hydrogen (secondary N) is 1. The summed E-state index contributed by atoms with van der Waals surface area (Å²) >= 11 is 0. The van der Waals surface area contributed by atoms with Crippen molar-refractivity contribution in [1.29, 1.82) is 0 Å². The minimum absolute atomic E-state index is 0.191.